The van der Waals surface area contributed by atoms with Crippen LogP contribution in [0.25, 0.3) is 0 Å². The molecule has 1 aromatic heterocycles. The van der Waals surface area contributed by atoms with Crippen molar-refractivity contribution in [2.45, 2.75) is 10.6 Å². The highest BCUT2D eigenvalue weighted by Crippen LogP contribution is 2.30. The molecule has 1 aromatic carbocycles. The Kier molecular flexibility index (Phi) is 3.12. The molecule has 0 unspecified atom stereocenters. The molecule has 0 saturated heterocycles. The summed E-state index contributed by atoms with van der Waals surface area (Å²) in [5.41, 5.74) is 5.40. The van der Waals surface area contributed by atoms with Crippen molar-refractivity contribution in [3.63, 3.8) is 0 Å². The SMILES string of the molecule is O=S1(=O)CCC(=NNc2ccccc2)c2ccsc21. The van der Waals surface area contributed by atoms with Gasteiger partial charge in [0, 0.05) is 12.0 Å². The van der Waals surface area contributed by atoms with Crippen molar-refractivity contribution < 1.29 is 8.42 Å². The molecular formula is C13H12N2O2S2. The van der Waals surface area contributed by atoms with Gasteiger partial charge in [0.1, 0.15) is 4.21 Å². The molecule has 0 spiro atoms. The third-order valence-electron chi connectivity index (χ3n) is 2.92. The first kappa shape index (κ1) is 12.4. The predicted octanol–water partition coefficient (Wildman–Crippen LogP) is 2.74. The number of hydrazone groups is 1. The number of rotatable bonds is 2. The summed E-state index contributed by atoms with van der Waals surface area (Å²) in [6, 6.07) is 11.4. The lowest BCUT2D eigenvalue weighted by Gasteiger charge is -2.14. The number of anilines is 1. The Hall–Kier alpha value is -1.66. The molecule has 1 aliphatic heterocycles. The molecule has 0 fully saturated rings. The molecular weight excluding hydrogens is 280 g/mol. The number of sulfone groups is 1. The molecule has 2 aromatic rings. The van der Waals surface area contributed by atoms with E-state index in [1.165, 1.54) is 11.3 Å². The molecule has 0 atom stereocenters. The number of nitrogens with one attached hydrogen (secondary N) is 1. The zero-order valence-corrected chi connectivity index (χ0v) is 11.7. The van der Waals surface area contributed by atoms with Gasteiger partial charge in [0.05, 0.1) is 17.2 Å². The maximum absolute atomic E-state index is 11.9. The maximum Gasteiger partial charge on any atom is 0.188 e. The van der Waals surface area contributed by atoms with Crippen molar-refractivity contribution in [3.8, 4) is 0 Å². The first-order valence-corrected chi connectivity index (χ1v) is 8.38. The summed E-state index contributed by atoms with van der Waals surface area (Å²) < 4.78 is 24.2. The van der Waals surface area contributed by atoms with Crippen LogP contribution in [-0.4, -0.2) is 19.9 Å². The van der Waals surface area contributed by atoms with Crippen LogP contribution in [0, 0.1) is 0 Å². The van der Waals surface area contributed by atoms with Crippen LogP contribution in [0.3, 0.4) is 0 Å². The van der Waals surface area contributed by atoms with Crippen LogP contribution in [-0.2, 0) is 9.84 Å². The number of hydrogen-bond donors (Lipinski definition) is 1. The molecule has 19 heavy (non-hydrogen) atoms. The van der Waals surface area contributed by atoms with Crippen LogP contribution in [0.5, 0.6) is 0 Å². The molecule has 2 heterocycles. The van der Waals surface area contributed by atoms with E-state index < -0.39 is 9.84 Å². The molecule has 3 rings (SSSR count). The number of hydrogen-bond acceptors (Lipinski definition) is 5. The third kappa shape index (κ3) is 2.41. The van der Waals surface area contributed by atoms with Crippen molar-refractivity contribution >= 4 is 32.6 Å². The Morgan fingerprint density at radius 3 is 2.74 bits per heavy atom. The summed E-state index contributed by atoms with van der Waals surface area (Å²) in [4.78, 5) is 0. The van der Waals surface area contributed by atoms with Gasteiger partial charge in [-0.2, -0.15) is 5.10 Å². The fraction of sp³-hybridized carbons (Fsp3) is 0.154. The molecule has 0 saturated carbocycles. The summed E-state index contributed by atoms with van der Waals surface area (Å²) in [7, 11) is -3.10. The van der Waals surface area contributed by atoms with Gasteiger partial charge < -0.3 is 0 Å². The number of nitrogens with zero attached hydrogens (tertiary/aromatic N) is 1. The molecule has 98 valence electrons. The van der Waals surface area contributed by atoms with Crippen LogP contribution in [0.4, 0.5) is 5.69 Å². The Morgan fingerprint density at radius 1 is 1.16 bits per heavy atom. The van der Waals surface area contributed by atoms with Gasteiger partial charge >= 0.3 is 0 Å². The van der Waals surface area contributed by atoms with E-state index in [1.807, 2.05) is 36.4 Å². The topological polar surface area (TPSA) is 58.5 Å². The summed E-state index contributed by atoms with van der Waals surface area (Å²) in [5, 5.41) is 6.14. The molecule has 0 aliphatic carbocycles. The van der Waals surface area contributed by atoms with Gasteiger partial charge in [-0.15, -0.1) is 11.3 Å². The minimum absolute atomic E-state index is 0.135. The molecule has 0 bridgehead atoms. The van der Waals surface area contributed by atoms with Crippen molar-refractivity contribution in [1.82, 2.24) is 0 Å². The largest absolute Gasteiger partial charge is 0.278 e. The van der Waals surface area contributed by atoms with Crippen LogP contribution in [0.2, 0.25) is 0 Å². The van der Waals surface area contributed by atoms with E-state index in [2.05, 4.69) is 10.5 Å². The van der Waals surface area contributed by atoms with Crippen molar-refractivity contribution in [1.29, 1.82) is 0 Å². The Labute approximate surface area is 115 Å². The van der Waals surface area contributed by atoms with E-state index in [9.17, 15) is 8.42 Å². The smallest absolute Gasteiger partial charge is 0.188 e. The highest BCUT2D eigenvalue weighted by molar-refractivity contribution is 7.93. The monoisotopic (exact) mass is 292 g/mol. The predicted molar refractivity (Wildman–Crippen MR) is 77.6 cm³/mol. The fourth-order valence-electron chi connectivity index (χ4n) is 1.97. The molecule has 0 amide bonds. The average Bonchev–Trinajstić information content (AvgIpc) is 2.90. The highest BCUT2D eigenvalue weighted by atomic mass is 32.2. The van der Waals surface area contributed by atoms with Crippen molar-refractivity contribution in [2.75, 3.05) is 11.2 Å². The Balaban J connectivity index is 1.92. The third-order valence-corrected chi connectivity index (χ3v) is 6.21. The molecule has 6 heteroatoms. The van der Waals surface area contributed by atoms with Gasteiger partial charge in [-0.3, -0.25) is 5.43 Å². The number of para-hydroxylation sites is 1. The van der Waals surface area contributed by atoms with Crippen LogP contribution in [0.1, 0.15) is 12.0 Å². The fourth-order valence-corrected chi connectivity index (χ4v) is 4.78. The van der Waals surface area contributed by atoms with Crippen LogP contribution in [0.15, 0.2) is 51.1 Å². The summed E-state index contributed by atoms with van der Waals surface area (Å²) in [6.07, 6.45) is 0.450. The van der Waals surface area contributed by atoms with Crippen LogP contribution >= 0.6 is 11.3 Å². The highest BCUT2D eigenvalue weighted by Gasteiger charge is 2.28. The second kappa shape index (κ2) is 4.79. The lowest BCUT2D eigenvalue weighted by molar-refractivity contribution is 0.597. The molecule has 1 aliphatic rings. The lowest BCUT2D eigenvalue weighted by atomic mass is 10.1. The minimum atomic E-state index is -3.10. The maximum atomic E-state index is 11.9. The van der Waals surface area contributed by atoms with E-state index in [0.717, 1.165) is 17.0 Å². The van der Waals surface area contributed by atoms with Crippen molar-refractivity contribution in [3.05, 3.63) is 47.3 Å². The van der Waals surface area contributed by atoms with E-state index in [-0.39, 0.29) is 5.75 Å². The molecule has 0 radical (unpaired) electrons. The Bertz CT molecular complexity index is 718. The number of fused-ring (bicyclic) bond motifs is 1. The van der Waals surface area contributed by atoms with Crippen LogP contribution < -0.4 is 5.43 Å². The van der Waals surface area contributed by atoms with Crippen molar-refractivity contribution in [2.24, 2.45) is 5.10 Å². The van der Waals surface area contributed by atoms with Gasteiger partial charge in [-0.25, -0.2) is 8.42 Å². The van der Waals surface area contributed by atoms with Gasteiger partial charge in [0.25, 0.3) is 0 Å². The summed E-state index contributed by atoms with van der Waals surface area (Å²) in [6.45, 7) is 0. The van der Waals surface area contributed by atoms with E-state index in [0.29, 0.717) is 10.6 Å². The van der Waals surface area contributed by atoms with E-state index in [1.54, 1.807) is 5.38 Å². The van der Waals surface area contributed by atoms with Gasteiger partial charge in [-0.05, 0) is 23.6 Å². The molecule has 4 nitrogen and oxygen atoms in total. The standard InChI is InChI=1S/C13H12N2O2S2/c16-19(17)9-7-12(11-6-8-18-13(11)19)15-14-10-4-2-1-3-5-10/h1-6,8,14H,7,9H2. The zero-order valence-electron chi connectivity index (χ0n) is 10.0. The van der Waals surface area contributed by atoms with Gasteiger partial charge in [0.2, 0.25) is 0 Å². The molecule has 1 N–H and O–H groups in total. The second-order valence-electron chi connectivity index (χ2n) is 4.23. The zero-order chi connectivity index (χ0) is 13.3. The Morgan fingerprint density at radius 2 is 1.95 bits per heavy atom. The second-order valence-corrected chi connectivity index (χ2v) is 7.45. The first-order chi connectivity index (χ1) is 9.17. The van der Waals surface area contributed by atoms with E-state index >= 15 is 0 Å². The number of benzene rings is 1. The first-order valence-electron chi connectivity index (χ1n) is 5.85. The quantitative estimate of drug-likeness (QED) is 0.866. The lowest BCUT2D eigenvalue weighted by Crippen LogP contribution is -2.20. The average molecular weight is 292 g/mol. The van der Waals surface area contributed by atoms with E-state index in [4.69, 9.17) is 0 Å². The summed E-state index contributed by atoms with van der Waals surface area (Å²) >= 11 is 1.26. The van der Waals surface area contributed by atoms with Gasteiger partial charge in [-0.1, -0.05) is 18.2 Å². The normalized spacial score (nSPS) is 19.1. The minimum Gasteiger partial charge on any atom is -0.278 e. The summed E-state index contributed by atoms with van der Waals surface area (Å²) in [5.74, 6) is 0.135. The number of thiophene rings is 1. The van der Waals surface area contributed by atoms with Gasteiger partial charge in [0.15, 0.2) is 9.84 Å².